The number of nitrogen functional groups attached to an aromatic ring is 1. The van der Waals surface area contributed by atoms with E-state index in [1.807, 2.05) is 4.90 Å². The molecule has 1 aliphatic heterocycles. The van der Waals surface area contributed by atoms with Gasteiger partial charge in [0.05, 0.1) is 4.92 Å². The van der Waals surface area contributed by atoms with Crippen molar-refractivity contribution in [2.75, 3.05) is 23.4 Å². The lowest BCUT2D eigenvalue weighted by molar-refractivity contribution is -0.384. The zero-order chi connectivity index (χ0) is 13.4. The van der Waals surface area contributed by atoms with Gasteiger partial charge < -0.3 is 10.3 Å². The number of nitrogens with one attached hydrogen (secondary N) is 1. The zero-order valence-electron chi connectivity index (χ0n) is 10.6. The van der Waals surface area contributed by atoms with Crippen molar-refractivity contribution in [1.82, 2.24) is 4.98 Å². The largest absolute Gasteiger partial charge is 0.350 e. The molecule has 0 amide bonds. The molecule has 102 valence electrons. The Morgan fingerprint density at radius 2 is 2.05 bits per heavy atom. The smallest absolute Gasteiger partial charge is 0.311 e. The molecule has 1 aromatic heterocycles. The summed E-state index contributed by atoms with van der Waals surface area (Å²) in [5, 5.41) is 11.1. The molecule has 3 rings (SSSR count). The molecule has 0 bridgehead atoms. The van der Waals surface area contributed by atoms with Crippen LogP contribution in [0.3, 0.4) is 0 Å². The maximum Gasteiger partial charge on any atom is 0.311 e. The van der Waals surface area contributed by atoms with Gasteiger partial charge in [0.2, 0.25) is 5.82 Å². The monoisotopic (exact) mass is 263 g/mol. The summed E-state index contributed by atoms with van der Waals surface area (Å²) in [5.41, 5.74) is 2.50. The molecular weight excluding hydrogens is 246 g/mol. The molecule has 2 unspecified atom stereocenters. The van der Waals surface area contributed by atoms with E-state index in [2.05, 4.69) is 10.4 Å². The van der Waals surface area contributed by atoms with Crippen LogP contribution in [-0.4, -0.2) is 23.0 Å². The van der Waals surface area contributed by atoms with Crippen molar-refractivity contribution in [1.29, 1.82) is 0 Å². The van der Waals surface area contributed by atoms with Crippen molar-refractivity contribution in [2.45, 2.75) is 19.3 Å². The highest BCUT2D eigenvalue weighted by Crippen LogP contribution is 2.41. The number of aromatic nitrogens is 1. The SMILES string of the molecule is NNc1ccc([N+](=O)[O-])c(N2CC3CCCC3C2)n1. The predicted molar refractivity (Wildman–Crippen MR) is 71.7 cm³/mol. The second-order valence-electron chi connectivity index (χ2n) is 5.30. The number of nitro groups is 1. The van der Waals surface area contributed by atoms with Gasteiger partial charge in [0, 0.05) is 19.2 Å². The summed E-state index contributed by atoms with van der Waals surface area (Å²) in [4.78, 5) is 17.0. The molecule has 2 heterocycles. The lowest BCUT2D eigenvalue weighted by Gasteiger charge is -2.18. The number of nitrogens with two attached hydrogens (primary N) is 1. The molecule has 2 fully saturated rings. The molecule has 2 atom stereocenters. The molecule has 7 heteroatoms. The predicted octanol–water partition coefficient (Wildman–Crippen LogP) is 1.51. The first-order chi connectivity index (χ1) is 9.19. The molecule has 3 N–H and O–H groups in total. The van der Waals surface area contributed by atoms with E-state index in [1.54, 1.807) is 0 Å². The van der Waals surface area contributed by atoms with Crippen LogP contribution in [0.1, 0.15) is 19.3 Å². The fourth-order valence-electron chi connectivity index (χ4n) is 3.30. The molecule has 1 saturated carbocycles. The Morgan fingerprint density at radius 3 is 2.63 bits per heavy atom. The number of rotatable bonds is 3. The van der Waals surface area contributed by atoms with Crippen LogP contribution >= 0.6 is 0 Å². The van der Waals surface area contributed by atoms with Crippen LogP contribution in [0, 0.1) is 22.0 Å². The Bertz CT molecular complexity index is 495. The van der Waals surface area contributed by atoms with E-state index in [-0.39, 0.29) is 10.6 Å². The second-order valence-corrected chi connectivity index (χ2v) is 5.30. The third-order valence-electron chi connectivity index (χ3n) is 4.22. The summed E-state index contributed by atoms with van der Waals surface area (Å²) < 4.78 is 0. The van der Waals surface area contributed by atoms with E-state index in [9.17, 15) is 10.1 Å². The molecule has 7 nitrogen and oxygen atoms in total. The molecule has 1 aromatic rings. The van der Waals surface area contributed by atoms with Gasteiger partial charge >= 0.3 is 5.69 Å². The first-order valence-electron chi connectivity index (χ1n) is 6.56. The van der Waals surface area contributed by atoms with Gasteiger partial charge in [-0.3, -0.25) is 10.1 Å². The summed E-state index contributed by atoms with van der Waals surface area (Å²) in [6.07, 6.45) is 3.73. The molecule has 1 saturated heterocycles. The topological polar surface area (TPSA) is 97.3 Å². The van der Waals surface area contributed by atoms with Crippen LogP contribution in [-0.2, 0) is 0 Å². The number of hydrogen-bond acceptors (Lipinski definition) is 6. The van der Waals surface area contributed by atoms with Gasteiger partial charge in [-0.1, -0.05) is 6.42 Å². The Kier molecular flexibility index (Phi) is 2.98. The fraction of sp³-hybridized carbons (Fsp3) is 0.583. The van der Waals surface area contributed by atoms with E-state index in [4.69, 9.17) is 5.84 Å². The van der Waals surface area contributed by atoms with Crippen molar-refractivity contribution in [3.63, 3.8) is 0 Å². The number of hydrazine groups is 1. The highest BCUT2D eigenvalue weighted by molar-refractivity contribution is 5.62. The van der Waals surface area contributed by atoms with Gasteiger partial charge in [0.1, 0.15) is 5.82 Å². The zero-order valence-corrected chi connectivity index (χ0v) is 10.6. The van der Waals surface area contributed by atoms with Gasteiger partial charge in [-0.15, -0.1) is 0 Å². The number of hydrogen-bond donors (Lipinski definition) is 2. The maximum atomic E-state index is 11.1. The Morgan fingerprint density at radius 1 is 1.37 bits per heavy atom. The van der Waals surface area contributed by atoms with Crippen LogP contribution in [0.25, 0.3) is 0 Å². The Balaban J connectivity index is 1.92. The van der Waals surface area contributed by atoms with E-state index >= 15 is 0 Å². The third kappa shape index (κ3) is 2.10. The fourth-order valence-corrected chi connectivity index (χ4v) is 3.30. The van der Waals surface area contributed by atoms with Crippen LogP contribution < -0.4 is 16.2 Å². The average Bonchev–Trinajstić information content (AvgIpc) is 2.98. The Hall–Kier alpha value is -1.89. The summed E-state index contributed by atoms with van der Waals surface area (Å²) in [6, 6.07) is 2.99. The van der Waals surface area contributed by atoms with Gasteiger partial charge in [0.15, 0.2) is 0 Å². The lowest BCUT2D eigenvalue weighted by atomic mass is 10.0. The van der Waals surface area contributed by atoms with Crippen molar-refractivity contribution >= 4 is 17.3 Å². The average molecular weight is 263 g/mol. The minimum absolute atomic E-state index is 0.0546. The van der Waals surface area contributed by atoms with Crippen LogP contribution in [0.5, 0.6) is 0 Å². The van der Waals surface area contributed by atoms with E-state index < -0.39 is 0 Å². The van der Waals surface area contributed by atoms with E-state index in [0.29, 0.717) is 23.5 Å². The van der Waals surface area contributed by atoms with Gasteiger partial charge in [-0.2, -0.15) is 0 Å². The third-order valence-corrected chi connectivity index (χ3v) is 4.22. The van der Waals surface area contributed by atoms with Crippen LogP contribution in [0.2, 0.25) is 0 Å². The first kappa shape index (κ1) is 12.2. The van der Waals surface area contributed by atoms with Gasteiger partial charge in [-0.05, 0) is 30.7 Å². The quantitative estimate of drug-likeness (QED) is 0.487. The van der Waals surface area contributed by atoms with E-state index in [0.717, 1.165) is 13.1 Å². The summed E-state index contributed by atoms with van der Waals surface area (Å²) >= 11 is 0. The van der Waals surface area contributed by atoms with Crippen molar-refractivity contribution in [2.24, 2.45) is 17.7 Å². The van der Waals surface area contributed by atoms with Crippen LogP contribution in [0.4, 0.5) is 17.3 Å². The minimum Gasteiger partial charge on any atom is -0.350 e. The summed E-state index contributed by atoms with van der Waals surface area (Å²) in [5.74, 6) is 7.56. The number of fused-ring (bicyclic) bond motifs is 1. The minimum atomic E-state index is -0.378. The summed E-state index contributed by atoms with van der Waals surface area (Å²) in [7, 11) is 0. The van der Waals surface area contributed by atoms with Crippen LogP contribution in [0.15, 0.2) is 12.1 Å². The molecule has 2 aliphatic rings. The number of nitrogens with zero attached hydrogens (tertiary/aromatic N) is 3. The lowest BCUT2D eigenvalue weighted by Crippen LogP contribution is -2.23. The highest BCUT2D eigenvalue weighted by Gasteiger charge is 2.38. The normalized spacial score (nSPS) is 25.4. The molecular formula is C12H17N5O2. The van der Waals surface area contributed by atoms with Gasteiger partial charge in [-0.25, -0.2) is 10.8 Å². The molecule has 0 aromatic carbocycles. The maximum absolute atomic E-state index is 11.1. The van der Waals surface area contributed by atoms with Crippen molar-refractivity contribution < 1.29 is 4.92 Å². The highest BCUT2D eigenvalue weighted by atomic mass is 16.6. The number of pyridine rings is 1. The van der Waals surface area contributed by atoms with E-state index in [1.165, 1.54) is 31.4 Å². The number of anilines is 2. The van der Waals surface area contributed by atoms with Crippen molar-refractivity contribution in [3.05, 3.63) is 22.2 Å². The Labute approximate surface area is 110 Å². The molecule has 1 aliphatic carbocycles. The summed E-state index contributed by atoms with van der Waals surface area (Å²) in [6.45, 7) is 1.74. The van der Waals surface area contributed by atoms with Gasteiger partial charge in [0.25, 0.3) is 0 Å². The van der Waals surface area contributed by atoms with Crippen molar-refractivity contribution in [3.8, 4) is 0 Å². The molecule has 0 spiro atoms. The second kappa shape index (κ2) is 4.65. The first-order valence-corrected chi connectivity index (χ1v) is 6.56. The molecule has 19 heavy (non-hydrogen) atoms. The standard InChI is InChI=1S/C12H17N5O2/c13-15-11-5-4-10(17(18)19)12(14-11)16-6-8-2-1-3-9(8)7-16/h4-5,8-9H,1-3,6-7,13H2,(H,14,15). The molecule has 0 radical (unpaired) electrons.